The Kier molecular flexibility index (Phi) is 5.99. The van der Waals surface area contributed by atoms with Gasteiger partial charge in [-0.15, -0.1) is 5.10 Å². The normalized spacial score (nSPS) is 21.2. The van der Waals surface area contributed by atoms with Crippen LogP contribution in [0.2, 0.25) is 0 Å². The fourth-order valence-electron chi connectivity index (χ4n) is 4.72. The lowest BCUT2D eigenvalue weighted by Crippen LogP contribution is -2.49. The molecule has 2 fully saturated rings. The van der Waals surface area contributed by atoms with E-state index in [9.17, 15) is 4.79 Å². The molecular formula is C23H32N4O2. The maximum atomic E-state index is 12.9. The molecule has 1 N–H and O–H groups in total. The number of carbonyl (C=O) groups is 1. The third-order valence-corrected chi connectivity index (χ3v) is 6.55. The zero-order chi connectivity index (χ0) is 20.3. The highest BCUT2D eigenvalue weighted by molar-refractivity contribution is 5.93. The van der Waals surface area contributed by atoms with Gasteiger partial charge in [0, 0.05) is 12.6 Å². The lowest BCUT2D eigenvalue weighted by atomic mass is 9.78. The van der Waals surface area contributed by atoms with E-state index in [4.69, 9.17) is 4.74 Å². The molecule has 1 aromatic heterocycles. The van der Waals surface area contributed by atoms with Gasteiger partial charge in [-0.2, -0.15) is 0 Å². The van der Waals surface area contributed by atoms with Gasteiger partial charge in [-0.1, -0.05) is 55.7 Å². The molecule has 0 bridgehead atoms. The van der Waals surface area contributed by atoms with E-state index in [1.807, 2.05) is 11.6 Å². The minimum Gasteiger partial charge on any atom is -0.375 e. The minimum atomic E-state index is -0.118. The highest BCUT2D eigenvalue weighted by Gasteiger charge is 2.39. The molecule has 1 atom stereocenters. The molecule has 4 rings (SSSR count). The van der Waals surface area contributed by atoms with Crippen LogP contribution in [0.4, 0.5) is 0 Å². The molecule has 2 heterocycles. The molecule has 1 saturated heterocycles. The first-order valence-corrected chi connectivity index (χ1v) is 11.0. The van der Waals surface area contributed by atoms with Gasteiger partial charge < -0.3 is 10.1 Å². The molecule has 2 aliphatic rings. The number of aromatic nitrogens is 3. The molecule has 1 spiro atoms. The van der Waals surface area contributed by atoms with Crippen LogP contribution in [0, 0.1) is 6.92 Å². The second-order valence-corrected chi connectivity index (χ2v) is 8.61. The van der Waals surface area contributed by atoms with E-state index >= 15 is 0 Å². The SMILES string of the molecule is CCc1ccc(Cn2nnc(C(=O)N[C@@H]3CCOC4(CCCCC4)C3)c2C)cc1. The Morgan fingerprint density at radius 1 is 1.21 bits per heavy atom. The van der Waals surface area contributed by atoms with Crippen LogP contribution in [0.5, 0.6) is 0 Å². The molecule has 1 aliphatic heterocycles. The summed E-state index contributed by atoms with van der Waals surface area (Å²) in [5.74, 6) is -0.118. The van der Waals surface area contributed by atoms with Crippen molar-refractivity contribution in [3.05, 3.63) is 46.8 Å². The molecular weight excluding hydrogens is 364 g/mol. The van der Waals surface area contributed by atoms with Crippen LogP contribution in [0.3, 0.4) is 0 Å². The molecule has 0 unspecified atom stereocenters. The molecule has 29 heavy (non-hydrogen) atoms. The third-order valence-electron chi connectivity index (χ3n) is 6.55. The third kappa shape index (κ3) is 4.53. The number of carbonyl (C=O) groups excluding carboxylic acids is 1. The summed E-state index contributed by atoms with van der Waals surface area (Å²) in [6.07, 6.45) is 8.80. The van der Waals surface area contributed by atoms with Crippen LogP contribution in [0.25, 0.3) is 0 Å². The molecule has 156 valence electrons. The Morgan fingerprint density at radius 2 is 1.93 bits per heavy atom. The van der Waals surface area contributed by atoms with Gasteiger partial charge >= 0.3 is 0 Å². The zero-order valence-electron chi connectivity index (χ0n) is 17.6. The predicted octanol–water partition coefficient (Wildman–Crippen LogP) is 3.81. The number of nitrogens with one attached hydrogen (secondary N) is 1. The summed E-state index contributed by atoms with van der Waals surface area (Å²) in [7, 11) is 0. The fourth-order valence-corrected chi connectivity index (χ4v) is 4.72. The molecule has 1 aliphatic carbocycles. The van der Waals surface area contributed by atoms with Crippen LogP contribution in [-0.4, -0.2) is 39.2 Å². The van der Waals surface area contributed by atoms with E-state index in [1.54, 1.807) is 0 Å². The number of hydrogen-bond donors (Lipinski definition) is 1. The molecule has 1 aromatic carbocycles. The van der Waals surface area contributed by atoms with E-state index in [0.717, 1.165) is 50.0 Å². The van der Waals surface area contributed by atoms with Crippen molar-refractivity contribution in [2.24, 2.45) is 0 Å². The molecule has 6 nitrogen and oxygen atoms in total. The predicted molar refractivity (Wildman–Crippen MR) is 112 cm³/mol. The molecule has 2 aromatic rings. The smallest absolute Gasteiger partial charge is 0.273 e. The Morgan fingerprint density at radius 3 is 2.66 bits per heavy atom. The summed E-state index contributed by atoms with van der Waals surface area (Å²) >= 11 is 0. The summed E-state index contributed by atoms with van der Waals surface area (Å²) in [5.41, 5.74) is 3.69. The highest BCUT2D eigenvalue weighted by Crippen LogP contribution is 2.38. The number of amides is 1. The van der Waals surface area contributed by atoms with Crippen LogP contribution >= 0.6 is 0 Å². The second kappa shape index (κ2) is 8.66. The van der Waals surface area contributed by atoms with Crippen LogP contribution in [0.1, 0.15) is 79.2 Å². The van der Waals surface area contributed by atoms with Crippen LogP contribution < -0.4 is 5.32 Å². The summed E-state index contributed by atoms with van der Waals surface area (Å²) in [6, 6.07) is 8.67. The topological polar surface area (TPSA) is 69.0 Å². The largest absolute Gasteiger partial charge is 0.375 e. The first-order chi connectivity index (χ1) is 14.1. The van der Waals surface area contributed by atoms with Crippen molar-refractivity contribution in [2.75, 3.05) is 6.61 Å². The summed E-state index contributed by atoms with van der Waals surface area (Å²) in [6.45, 7) is 5.42. The van der Waals surface area contributed by atoms with Crippen molar-refractivity contribution in [1.29, 1.82) is 0 Å². The standard InChI is InChI=1S/C23H32N4O2/c1-3-18-7-9-19(10-8-18)16-27-17(2)21(25-26-27)22(28)24-20-11-14-29-23(15-20)12-5-4-6-13-23/h7-10,20H,3-6,11-16H2,1-2H3,(H,24,28)/t20-/m1/s1. The van der Waals surface area contributed by atoms with Gasteiger partial charge in [-0.25, -0.2) is 4.68 Å². The van der Waals surface area contributed by atoms with Gasteiger partial charge in [0.15, 0.2) is 5.69 Å². The maximum absolute atomic E-state index is 12.9. The monoisotopic (exact) mass is 396 g/mol. The zero-order valence-corrected chi connectivity index (χ0v) is 17.6. The average Bonchev–Trinajstić information content (AvgIpc) is 3.09. The first-order valence-electron chi connectivity index (χ1n) is 11.0. The van der Waals surface area contributed by atoms with Crippen LogP contribution in [0.15, 0.2) is 24.3 Å². The van der Waals surface area contributed by atoms with Gasteiger partial charge in [0.1, 0.15) is 0 Å². The summed E-state index contributed by atoms with van der Waals surface area (Å²) < 4.78 is 7.96. The van der Waals surface area contributed by atoms with Gasteiger partial charge in [-0.05, 0) is 50.2 Å². The van der Waals surface area contributed by atoms with Gasteiger partial charge in [0.25, 0.3) is 5.91 Å². The van der Waals surface area contributed by atoms with Gasteiger partial charge in [0.2, 0.25) is 0 Å². The van der Waals surface area contributed by atoms with Crippen molar-refractivity contribution in [2.45, 2.75) is 83.4 Å². The Hall–Kier alpha value is -2.21. The Balaban J connectivity index is 1.40. The highest BCUT2D eigenvalue weighted by atomic mass is 16.5. The maximum Gasteiger partial charge on any atom is 0.273 e. The van der Waals surface area contributed by atoms with Gasteiger partial charge in [0.05, 0.1) is 17.8 Å². The van der Waals surface area contributed by atoms with Crippen molar-refractivity contribution >= 4 is 5.91 Å². The molecule has 0 radical (unpaired) electrons. The Labute approximate surface area is 173 Å². The lowest BCUT2D eigenvalue weighted by molar-refractivity contribution is -0.107. The number of hydrogen-bond acceptors (Lipinski definition) is 4. The van der Waals surface area contributed by atoms with Crippen LogP contribution in [-0.2, 0) is 17.7 Å². The summed E-state index contributed by atoms with van der Waals surface area (Å²) in [5, 5.41) is 11.6. The van der Waals surface area contributed by atoms with E-state index < -0.39 is 0 Å². The van der Waals surface area contributed by atoms with E-state index in [2.05, 4.69) is 46.8 Å². The quantitative estimate of drug-likeness (QED) is 0.834. The van der Waals surface area contributed by atoms with E-state index in [0.29, 0.717) is 12.2 Å². The number of rotatable bonds is 5. The van der Waals surface area contributed by atoms with E-state index in [1.165, 1.54) is 24.8 Å². The number of aryl methyl sites for hydroxylation is 1. The second-order valence-electron chi connectivity index (χ2n) is 8.61. The fraction of sp³-hybridized carbons (Fsp3) is 0.609. The van der Waals surface area contributed by atoms with Crippen molar-refractivity contribution in [3.63, 3.8) is 0 Å². The molecule has 1 saturated carbocycles. The lowest BCUT2D eigenvalue weighted by Gasteiger charge is -2.43. The molecule has 6 heteroatoms. The van der Waals surface area contributed by atoms with Gasteiger partial charge in [-0.3, -0.25) is 4.79 Å². The minimum absolute atomic E-state index is 0.0221. The summed E-state index contributed by atoms with van der Waals surface area (Å²) in [4.78, 5) is 12.9. The molecule has 1 amide bonds. The average molecular weight is 397 g/mol. The number of nitrogens with zero attached hydrogens (tertiary/aromatic N) is 3. The number of benzene rings is 1. The van der Waals surface area contributed by atoms with Crippen molar-refractivity contribution in [3.8, 4) is 0 Å². The Bertz CT molecular complexity index is 832. The first kappa shape index (κ1) is 20.1. The van der Waals surface area contributed by atoms with Crippen molar-refractivity contribution < 1.29 is 9.53 Å². The number of ether oxygens (including phenoxy) is 1. The van der Waals surface area contributed by atoms with Crippen molar-refractivity contribution in [1.82, 2.24) is 20.3 Å². The van der Waals surface area contributed by atoms with E-state index in [-0.39, 0.29) is 17.6 Å².